The van der Waals surface area contributed by atoms with E-state index in [2.05, 4.69) is 20.9 Å². The number of ether oxygens (including phenoxy) is 1. The summed E-state index contributed by atoms with van der Waals surface area (Å²) in [5.74, 6) is 0.962. The first-order valence-corrected chi connectivity index (χ1v) is 7.39. The van der Waals surface area contributed by atoms with Crippen molar-refractivity contribution < 1.29 is 9.53 Å². The highest BCUT2D eigenvalue weighted by atomic mass is 79.9. The number of carbonyl (C=O) groups excluding carboxylic acids is 1. The summed E-state index contributed by atoms with van der Waals surface area (Å²) in [5.41, 5.74) is 0.601. The van der Waals surface area contributed by atoms with Crippen molar-refractivity contribution in [1.29, 1.82) is 0 Å². The van der Waals surface area contributed by atoms with Crippen LogP contribution in [0.1, 0.15) is 10.4 Å². The van der Waals surface area contributed by atoms with E-state index in [1.165, 1.54) is 11.8 Å². The van der Waals surface area contributed by atoms with Gasteiger partial charge < -0.3 is 4.74 Å². The summed E-state index contributed by atoms with van der Waals surface area (Å²) < 4.78 is 6.08. The molecule has 3 nitrogen and oxygen atoms in total. The summed E-state index contributed by atoms with van der Waals surface area (Å²) in [6.45, 7) is 0. The second-order valence-electron chi connectivity index (χ2n) is 3.70. The average molecular weight is 338 g/mol. The van der Waals surface area contributed by atoms with Gasteiger partial charge >= 0.3 is 0 Å². The molecule has 1 aromatic carbocycles. The lowest BCUT2D eigenvalue weighted by Gasteiger charge is -2.07. The van der Waals surface area contributed by atoms with Gasteiger partial charge in [-0.2, -0.15) is 0 Å². The van der Waals surface area contributed by atoms with Gasteiger partial charge in [-0.05, 0) is 40.2 Å². The number of nitrogens with zero attached hydrogens (tertiary/aromatic N) is 1. The predicted octanol–water partition coefficient (Wildman–Crippen LogP) is 3.83. The Hall–Kier alpha value is -1.33. The largest absolute Gasteiger partial charge is 0.496 e. The molecule has 0 unspecified atom stereocenters. The van der Waals surface area contributed by atoms with Crippen LogP contribution < -0.4 is 4.74 Å². The molecule has 0 fully saturated rings. The van der Waals surface area contributed by atoms with Crippen molar-refractivity contribution in [2.24, 2.45) is 0 Å². The van der Waals surface area contributed by atoms with Crippen molar-refractivity contribution in [3.05, 3.63) is 52.6 Å². The molecule has 1 aromatic heterocycles. The van der Waals surface area contributed by atoms with E-state index in [0.717, 1.165) is 9.50 Å². The van der Waals surface area contributed by atoms with Crippen molar-refractivity contribution in [3.63, 3.8) is 0 Å². The third-order valence-corrected chi connectivity index (χ3v) is 4.38. The van der Waals surface area contributed by atoms with Crippen LogP contribution in [0.2, 0.25) is 0 Å². The summed E-state index contributed by atoms with van der Waals surface area (Å²) in [6.07, 6.45) is 1.71. The predicted molar refractivity (Wildman–Crippen MR) is 80.0 cm³/mol. The number of halogens is 1. The summed E-state index contributed by atoms with van der Waals surface area (Å²) >= 11 is 4.82. The highest BCUT2D eigenvalue weighted by Crippen LogP contribution is 2.26. The van der Waals surface area contributed by atoms with Gasteiger partial charge in [0.25, 0.3) is 0 Å². The van der Waals surface area contributed by atoms with Gasteiger partial charge in [-0.25, -0.2) is 4.98 Å². The maximum absolute atomic E-state index is 12.2. The molecule has 0 saturated carbocycles. The molecule has 0 aliphatic heterocycles. The number of hydrogen-bond donors (Lipinski definition) is 0. The zero-order valence-corrected chi connectivity index (χ0v) is 12.7. The van der Waals surface area contributed by atoms with Gasteiger partial charge in [0, 0.05) is 10.7 Å². The van der Waals surface area contributed by atoms with Crippen LogP contribution in [0.3, 0.4) is 0 Å². The smallest absolute Gasteiger partial charge is 0.176 e. The minimum absolute atomic E-state index is 0.0278. The number of methoxy groups -OCH3 is 1. The molecule has 0 radical (unpaired) electrons. The summed E-state index contributed by atoms with van der Waals surface area (Å²) in [5, 5.41) is 0.811. The molecule has 0 spiro atoms. The Morgan fingerprint density at radius 1 is 1.32 bits per heavy atom. The maximum Gasteiger partial charge on any atom is 0.176 e. The third kappa shape index (κ3) is 3.58. The maximum atomic E-state index is 12.2. The van der Waals surface area contributed by atoms with Gasteiger partial charge in [-0.1, -0.05) is 23.9 Å². The van der Waals surface area contributed by atoms with Crippen molar-refractivity contribution >= 4 is 33.5 Å². The van der Waals surface area contributed by atoms with Crippen LogP contribution in [0, 0.1) is 0 Å². The Morgan fingerprint density at radius 3 is 2.84 bits per heavy atom. The minimum Gasteiger partial charge on any atom is -0.496 e. The number of para-hydroxylation sites is 1. The van der Waals surface area contributed by atoms with Crippen molar-refractivity contribution in [3.8, 4) is 5.75 Å². The summed E-state index contributed by atoms with van der Waals surface area (Å²) in [6, 6.07) is 11.0. The van der Waals surface area contributed by atoms with E-state index in [4.69, 9.17) is 4.74 Å². The first-order valence-electron chi connectivity index (χ1n) is 5.62. The Balaban J connectivity index is 2.08. The van der Waals surface area contributed by atoms with Crippen LogP contribution in [0.4, 0.5) is 0 Å². The lowest BCUT2D eigenvalue weighted by atomic mass is 10.1. The Bertz CT molecular complexity index is 589. The number of aromatic nitrogens is 1. The SMILES string of the molecule is COc1ccccc1C(=O)CSc1ncccc1Br. The average Bonchev–Trinajstić information content (AvgIpc) is 2.46. The summed E-state index contributed by atoms with van der Waals surface area (Å²) in [4.78, 5) is 16.4. The molecule has 2 aromatic rings. The number of rotatable bonds is 5. The molecular weight excluding hydrogens is 326 g/mol. The van der Waals surface area contributed by atoms with Gasteiger partial charge in [0.05, 0.1) is 18.4 Å². The molecule has 0 atom stereocenters. The minimum atomic E-state index is 0.0278. The molecule has 0 aliphatic carbocycles. The second-order valence-corrected chi connectivity index (χ2v) is 5.52. The number of carbonyl (C=O) groups is 1. The summed E-state index contributed by atoms with van der Waals surface area (Å²) in [7, 11) is 1.56. The number of pyridine rings is 1. The van der Waals surface area contributed by atoms with E-state index in [9.17, 15) is 4.79 Å². The van der Waals surface area contributed by atoms with Crippen LogP contribution >= 0.6 is 27.7 Å². The molecule has 0 N–H and O–H groups in total. The van der Waals surface area contributed by atoms with Crippen LogP contribution in [-0.2, 0) is 0 Å². The van der Waals surface area contributed by atoms with E-state index in [1.807, 2.05) is 24.3 Å². The van der Waals surface area contributed by atoms with Crippen molar-refractivity contribution in [2.45, 2.75) is 5.03 Å². The fourth-order valence-electron chi connectivity index (χ4n) is 1.56. The van der Waals surface area contributed by atoms with Gasteiger partial charge in [-0.15, -0.1) is 0 Å². The van der Waals surface area contributed by atoms with Crippen LogP contribution in [0.5, 0.6) is 5.75 Å². The Labute approximate surface area is 124 Å². The van der Waals surface area contributed by atoms with Crippen LogP contribution in [0.15, 0.2) is 52.1 Å². The number of ketones is 1. The molecule has 19 heavy (non-hydrogen) atoms. The number of benzene rings is 1. The molecule has 0 bridgehead atoms. The van der Waals surface area contributed by atoms with E-state index >= 15 is 0 Å². The quantitative estimate of drug-likeness (QED) is 0.614. The molecule has 2 rings (SSSR count). The zero-order valence-electron chi connectivity index (χ0n) is 10.3. The lowest BCUT2D eigenvalue weighted by Crippen LogP contribution is -2.05. The topological polar surface area (TPSA) is 39.2 Å². The molecular formula is C14H12BrNO2S. The van der Waals surface area contributed by atoms with E-state index < -0.39 is 0 Å². The number of thioether (sulfide) groups is 1. The van der Waals surface area contributed by atoms with Gasteiger partial charge in [0.1, 0.15) is 10.8 Å². The Morgan fingerprint density at radius 2 is 2.11 bits per heavy atom. The Kier molecular flexibility index (Phi) is 4.99. The molecule has 0 saturated heterocycles. The van der Waals surface area contributed by atoms with Crippen LogP contribution in [-0.4, -0.2) is 23.6 Å². The van der Waals surface area contributed by atoms with E-state index in [1.54, 1.807) is 25.4 Å². The lowest BCUT2D eigenvalue weighted by molar-refractivity contribution is 0.101. The first kappa shape index (κ1) is 14.1. The molecule has 5 heteroatoms. The third-order valence-electron chi connectivity index (χ3n) is 2.47. The molecule has 0 aliphatic rings. The van der Waals surface area contributed by atoms with Crippen molar-refractivity contribution in [1.82, 2.24) is 4.98 Å². The monoisotopic (exact) mass is 337 g/mol. The molecule has 0 amide bonds. The molecule has 98 valence electrons. The standard InChI is InChI=1S/C14H12BrNO2S/c1-18-13-7-3-2-5-10(13)12(17)9-19-14-11(15)6-4-8-16-14/h2-8H,9H2,1H3. The first-order chi connectivity index (χ1) is 9.22. The van der Waals surface area contributed by atoms with Gasteiger partial charge in [0.2, 0.25) is 0 Å². The highest BCUT2D eigenvalue weighted by molar-refractivity contribution is 9.10. The molecule has 1 heterocycles. The van der Waals surface area contributed by atoms with Crippen molar-refractivity contribution in [2.75, 3.05) is 12.9 Å². The van der Waals surface area contributed by atoms with E-state index in [0.29, 0.717) is 17.1 Å². The van der Waals surface area contributed by atoms with E-state index in [-0.39, 0.29) is 5.78 Å². The number of Topliss-reactive ketones (excluding diaryl/α,β-unsaturated/α-hetero) is 1. The highest BCUT2D eigenvalue weighted by Gasteiger charge is 2.12. The fraction of sp³-hybridized carbons (Fsp3) is 0.143. The fourth-order valence-corrected chi connectivity index (χ4v) is 2.93. The zero-order chi connectivity index (χ0) is 13.7. The second kappa shape index (κ2) is 6.73. The number of hydrogen-bond acceptors (Lipinski definition) is 4. The normalized spacial score (nSPS) is 10.2. The van der Waals surface area contributed by atoms with Gasteiger partial charge in [-0.3, -0.25) is 4.79 Å². The van der Waals surface area contributed by atoms with Crippen LogP contribution in [0.25, 0.3) is 0 Å². The van der Waals surface area contributed by atoms with Gasteiger partial charge in [0.15, 0.2) is 5.78 Å².